The summed E-state index contributed by atoms with van der Waals surface area (Å²) in [6.45, 7) is 15.1. The Balaban J connectivity index is 0.000000468. The summed E-state index contributed by atoms with van der Waals surface area (Å²) in [7, 11) is -7.69. The topological polar surface area (TPSA) is 109 Å². The summed E-state index contributed by atoms with van der Waals surface area (Å²) >= 11 is 0. The van der Waals surface area contributed by atoms with Crippen molar-refractivity contribution in [2.24, 2.45) is 0 Å². The molecule has 0 radical (unpaired) electrons. The van der Waals surface area contributed by atoms with E-state index < -0.39 is 20.2 Å². The number of rotatable bonds is 5. The van der Waals surface area contributed by atoms with Crippen LogP contribution in [0.5, 0.6) is 0 Å². The first-order valence-corrected chi connectivity index (χ1v) is 14.1. The van der Waals surface area contributed by atoms with Crippen LogP contribution in [0.1, 0.15) is 34.7 Å². The van der Waals surface area contributed by atoms with Crippen molar-refractivity contribution >= 4 is 38.5 Å². The molecule has 36 heavy (non-hydrogen) atoms. The fourth-order valence-electron chi connectivity index (χ4n) is 2.65. The zero-order valence-corrected chi connectivity index (χ0v) is 22.5. The van der Waals surface area contributed by atoms with E-state index in [2.05, 4.69) is 44.9 Å². The van der Waals surface area contributed by atoms with Crippen LogP contribution in [0, 0.1) is 6.92 Å². The predicted octanol–water partition coefficient (Wildman–Crippen LogP) is 6.61. The Labute approximate surface area is 215 Å². The Kier molecular flexibility index (Phi) is 14.9. The van der Waals surface area contributed by atoms with Gasteiger partial charge in [-0.25, -0.2) is 0 Å². The van der Waals surface area contributed by atoms with Crippen molar-refractivity contribution in [1.29, 1.82) is 0 Å². The zero-order valence-electron chi connectivity index (χ0n) is 20.8. The molecule has 0 bridgehead atoms. The second-order valence-electron chi connectivity index (χ2n) is 7.31. The molecule has 3 aromatic carbocycles. The SMILES string of the molecule is C=Cc1ccccc1C=C.C=Cc1ccccc1CC.CS(=O)(=O)O.Cc1ccc(S(=O)(=O)O)cc1. The first-order valence-electron chi connectivity index (χ1n) is 10.8. The standard InChI is InChI=1S/C10H12.C10H10.C7H8O3S.CH4O3S/c2*1-3-9-7-5-6-8-10(9)4-2;1-6-2-4-7(5-3-6)11(8,9)10;1-5(2,3)4/h3,5-8H,1,4H2,2H3;3-8H,1-2H2;2-5H,1H3,(H,8,9,10);1H3,(H,2,3,4). The van der Waals surface area contributed by atoms with Gasteiger partial charge in [0, 0.05) is 0 Å². The Hall–Kier alpha value is -3.30. The molecule has 3 rings (SSSR count). The average molecular weight is 531 g/mol. The lowest BCUT2D eigenvalue weighted by Crippen LogP contribution is -1.96. The largest absolute Gasteiger partial charge is 0.294 e. The molecule has 8 heteroatoms. The van der Waals surface area contributed by atoms with E-state index in [9.17, 15) is 16.8 Å². The second kappa shape index (κ2) is 16.4. The molecule has 0 heterocycles. The van der Waals surface area contributed by atoms with Crippen molar-refractivity contribution in [3.63, 3.8) is 0 Å². The van der Waals surface area contributed by atoms with Crippen molar-refractivity contribution in [2.75, 3.05) is 6.26 Å². The molecular formula is C28H34O6S2. The third kappa shape index (κ3) is 14.9. The summed E-state index contributed by atoms with van der Waals surface area (Å²) in [6.07, 6.45) is 7.36. The van der Waals surface area contributed by atoms with Gasteiger partial charge in [-0.2, -0.15) is 16.8 Å². The molecule has 3 aromatic rings. The summed E-state index contributed by atoms with van der Waals surface area (Å²) < 4.78 is 55.4. The normalized spacial score (nSPS) is 10.1. The van der Waals surface area contributed by atoms with E-state index in [0.29, 0.717) is 6.26 Å². The lowest BCUT2D eigenvalue weighted by atomic mass is 10.1. The van der Waals surface area contributed by atoms with Crippen LogP contribution in [0.3, 0.4) is 0 Å². The third-order valence-corrected chi connectivity index (χ3v) is 5.28. The molecule has 194 valence electrons. The summed E-state index contributed by atoms with van der Waals surface area (Å²) in [4.78, 5) is -0.0666. The van der Waals surface area contributed by atoms with Crippen LogP contribution in [0.2, 0.25) is 0 Å². The van der Waals surface area contributed by atoms with Crippen LogP contribution in [0.4, 0.5) is 0 Å². The highest BCUT2D eigenvalue weighted by Crippen LogP contribution is 2.11. The lowest BCUT2D eigenvalue weighted by molar-refractivity contribution is 0.482. The van der Waals surface area contributed by atoms with Crippen LogP contribution < -0.4 is 0 Å². The van der Waals surface area contributed by atoms with Gasteiger partial charge in [-0.1, -0.05) is 111 Å². The number of aryl methyl sites for hydroxylation is 2. The van der Waals surface area contributed by atoms with Gasteiger partial charge in [0.25, 0.3) is 20.2 Å². The summed E-state index contributed by atoms with van der Waals surface area (Å²) in [5.74, 6) is 0. The summed E-state index contributed by atoms with van der Waals surface area (Å²) in [5, 5.41) is 0. The first-order chi connectivity index (χ1) is 16.8. The smallest absolute Gasteiger partial charge is 0.286 e. The highest BCUT2D eigenvalue weighted by Gasteiger charge is 2.06. The molecule has 0 saturated carbocycles. The van der Waals surface area contributed by atoms with E-state index in [0.717, 1.165) is 23.1 Å². The Morgan fingerprint density at radius 3 is 1.36 bits per heavy atom. The van der Waals surface area contributed by atoms with E-state index in [1.54, 1.807) is 12.1 Å². The van der Waals surface area contributed by atoms with Crippen LogP contribution in [-0.2, 0) is 26.7 Å². The van der Waals surface area contributed by atoms with E-state index in [1.807, 2.05) is 55.5 Å². The van der Waals surface area contributed by atoms with Crippen LogP contribution in [0.15, 0.2) is 97.4 Å². The molecule has 0 spiro atoms. The molecule has 0 atom stereocenters. The fourth-order valence-corrected chi connectivity index (χ4v) is 3.13. The molecule has 0 aliphatic carbocycles. The molecule has 6 nitrogen and oxygen atoms in total. The van der Waals surface area contributed by atoms with Gasteiger partial charge in [0.2, 0.25) is 0 Å². The maximum Gasteiger partial charge on any atom is 0.294 e. The van der Waals surface area contributed by atoms with Crippen molar-refractivity contribution in [2.45, 2.75) is 25.2 Å². The Morgan fingerprint density at radius 1 is 0.694 bits per heavy atom. The molecule has 2 N–H and O–H groups in total. The maximum absolute atomic E-state index is 10.5. The molecule has 0 fully saturated rings. The Morgan fingerprint density at radius 2 is 1.06 bits per heavy atom. The van der Waals surface area contributed by atoms with Crippen LogP contribution in [0.25, 0.3) is 18.2 Å². The van der Waals surface area contributed by atoms with Gasteiger partial charge >= 0.3 is 0 Å². The third-order valence-electron chi connectivity index (χ3n) is 4.41. The van der Waals surface area contributed by atoms with Gasteiger partial charge in [-0.05, 0) is 47.7 Å². The lowest BCUT2D eigenvalue weighted by Gasteiger charge is -1.99. The van der Waals surface area contributed by atoms with Gasteiger partial charge in [-0.15, -0.1) is 0 Å². The summed E-state index contributed by atoms with van der Waals surface area (Å²) in [6, 6.07) is 22.3. The van der Waals surface area contributed by atoms with Gasteiger partial charge in [-0.3, -0.25) is 9.11 Å². The van der Waals surface area contributed by atoms with E-state index in [1.165, 1.54) is 23.3 Å². The van der Waals surface area contributed by atoms with Crippen molar-refractivity contribution < 1.29 is 25.9 Å². The molecule has 0 aliphatic heterocycles. The van der Waals surface area contributed by atoms with Gasteiger partial charge in [0.15, 0.2) is 0 Å². The minimum atomic E-state index is -4.02. The maximum atomic E-state index is 10.5. The molecular weight excluding hydrogens is 496 g/mol. The molecule has 0 aliphatic rings. The highest BCUT2D eigenvalue weighted by atomic mass is 32.2. The number of hydrogen-bond acceptors (Lipinski definition) is 4. The van der Waals surface area contributed by atoms with Gasteiger partial charge in [0.1, 0.15) is 0 Å². The quantitative estimate of drug-likeness (QED) is 0.359. The fraction of sp³-hybridized carbons (Fsp3) is 0.143. The van der Waals surface area contributed by atoms with E-state index in [4.69, 9.17) is 9.11 Å². The van der Waals surface area contributed by atoms with Crippen LogP contribution >= 0.6 is 0 Å². The Bertz CT molecular complexity index is 1290. The van der Waals surface area contributed by atoms with Crippen molar-refractivity contribution in [3.8, 4) is 0 Å². The predicted molar refractivity (Wildman–Crippen MR) is 151 cm³/mol. The highest BCUT2D eigenvalue weighted by molar-refractivity contribution is 7.85. The molecule has 0 saturated heterocycles. The second-order valence-corrected chi connectivity index (χ2v) is 10.2. The molecule has 0 unspecified atom stereocenters. The number of hydrogen-bond donors (Lipinski definition) is 2. The van der Waals surface area contributed by atoms with Gasteiger partial charge < -0.3 is 0 Å². The zero-order chi connectivity index (χ0) is 27.8. The first kappa shape index (κ1) is 32.7. The van der Waals surface area contributed by atoms with Gasteiger partial charge in [0.05, 0.1) is 11.2 Å². The molecule has 0 aromatic heterocycles. The van der Waals surface area contributed by atoms with Crippen LogP contribution in [-0.4, -0.2) is 32.2 Å². The summed E-state index contributed by atoms with van der Waals surface area (Å²) in [5.41, 5.74) is 5.86. The molecule has 0 amide bonds. The minimum absolute atomic E-state index is 0.0666. The van der Waals surface area contributed by atoms with E-state index in [-0.39, 0.29) is 4.90 Å². The van der Waals surface area contributed by atoms with E-state index >= 15 is 0 Å². The average Bonchev–Trinajstić information content (AvgIpc) is 2.83. The van der Waals surface area contributed by atoms with Crippen molar-refractivity contribution in [1.82, 2.24) is 0 Å². The monoisotopic (exact) mass is 530 g/mol. The van der Waals surface area contributed by atoms with Crippen molar-refractivity contribution in [3.05, 3.63) is 120 Å². The number of benzene rings is 3. The minimum Gasteiger partial charge on any atom is -0.286 e.